The Morgan fingerprint density at radius 3 is 1.71 bits per heavy atom. The largest absolute Gasteiger partial charge is 0.273 e. The summed E-state index contributed by atoms with van der Waals surface area (Å²) in [6, 6.07) is 0. The van der Waals surface area contributed by atoms with Gasteiger partial charge in [0.1, 0.15) is 13.0 Å². The molecule has 0 N–H and O–H groups in total. The molecule has 3 fully saturated rings. The van der Waals surface area contributed by atoms with Gasteiger partial charge in [-0.25, -0.2) is 4.58 Å². The van der Waals surface area contributed by atoms with E-state index in [4.69, 9.17) is 0 Å². The molecule has 3 saturated heterocycles. The summed E-state index contributed by atoms with van der Waals surface area (Å²) in [5.41, 5.74) is 0. The molecule has 0 unspecified atom stereocenters. The van der Waals surface area contributed by atoms with Gasteiger partial charge in [0, 0.05) is 26.2 Å². The lowest BCUT2D eigenvalue weighted by atomic mass is 10.4. The molecule has 0 amide bonds. The van der Waals surface area contributed by atoms with E-state index in [1.807, 2.05) is 0 Å². The summed E-state index contributed by atoms with van der Waals surface area (Å²) in [6.07, 6.45) is 0.628. The van der Waals surface area contributed by atoms with E-state index in [0.717, 1.165) is 13.1 Å². The standard InChI is InChI=1S/C10H19N4/c1-11-2-4-12-6-8-14-9-7-13(5-3-11)10(12)14/h10H,1-9H2/q+1. The molecule has 78 valence electrons. The lowest BCUT2D eigenvalue weighted by Gasteiger charge is -2.32. The lowest BCUT2D eigenvalue weighted by molar-refractivity contribution is -0.523. The average molecular weight is 195 g/mol. The van der Waals surface area contributed by atoms with Gasteiger partial charge in [-0.15, -0.1) is 0 Å². The second-order valence-electron chi connectivity index (χ2n) is 4.57. The summed E-state index contributed by atoms with van der Waals surface area (Å²) in [6.45, 7) is 13.7. The fourth-order valence-electron chi connectivity index (χ4n) is 2.89. The molecular weight excluding hydrogens is 176 g/mol. The number of hydrogen-bond acceptors (Lipinski definition) is 3. The van der Waals surface area contributed by atoms with Crippen molar-refractivity contribution in [3.63, 3.8) is 0 Å². The van der Waals surface area contributed by atoms with Gasteiger partial charge in [0.25, 0.3) is 0 Å². The van der Waals surface area contributed by atoms with Crippen LogP contribution in [-0.4, -0.2) is 84.6 Å². The highest BCUT2D eigenvalue weighted by molar-refractivity contribution is 5.14. The van der Waals surface area contributed by atoms with Gasteiger partial charge in [-0.1, -0.05) is 0 Å². The minimum Gasteiger partial charge on any atom is -0.273 e. The molecule has 0 saturated carbocycles. The molecule has 0 aromatic rings. The molecule has 3 aliphatic heterocycles. The maximum Gasteiger partial charge on any atom is 0.155 e. The summed E-state index contributed by atoms with van der Waals surface area (Å²) < 4.78 is 2.21. The third kappa shape index (κ3) is 1.29. The molecule has 0 spiro atoms. The fraction of sp³-hybridized carbons (Fsp3) is 0.900. The van der Waals surface area contributed by atoms with Crippen molar-refractivity contribution in [3.05, 3.63) is 0 Å². The van der Waals surface area contributed by atoms with E-state index in [0.29, 0.717) is 6.29 Å². The summed E-state index contributed by atoms with van der Waals surface area (Å²) in [5, 5.41) is 0. The van der Waals surface area contributed by atoms with Crippen LogP contribution in [-0.2, 0) is 0 Å². The van der Waals surface area contributed by atoms with Gasteiger partial charge in [0.05, 0.1) is 13.1 Å². The molecule has 0 radical (unpaired) electrons. The van der Waals surface area contributed by atoms with Gasteiger partial charge in [0.2, 0.25) is 0 Å². The Kier molecular flexibility index (Phi) is 2.08. The zero-order valence-corrected chi connectivity index (χ0v) is 8.73. The van der Waals surface area contributed by atoms with Crippen LogP contribution in [0, 0.1) is 0 Å². The van der Waals surface area contributed by atoms with Crippen molar-refractivity contribution in [1.29, 1.82) is 0 Å². The Morgan fingerprint density at radius 2 is 1.21 bits per heavy atom. The van der Waals surface area contributed by atoms with Crippen molar-refractivity contribution in [2.24, 2.45) is 0 Å². The highest BCUT2D eigenvalue weighted by Crippen LogP contribution is 2.23. The first kappa shape index (κ1) is 8.83. The van der Waals surface area contributed by atoms with Gasteiger partial charge in [-0.05, 0) is 0 Å². The molecule has 0 aromatic heterocycles. The maximum atomic E-state index is 4.06. The van der Waals surface area contributed by atoms with E-state index >= 15 is 0 Å². The molecule has 0 aliphatic carbocycles. The van der Waals surface area contributed by atoms with Gasteiger partial charge in [-0.2, -0.15) is 0 Å². The highest BCUT2D eigenvalue weighted by Gasteiger charge is 2.41. The SMILES string of the molecule is C=[N+]1CCN2CCN3CCN(CC1)C32. The summed E-state index contributed by atoms with van der Waals surface area (Å²) in [7, 11) is 0. The molecule has 0 atom stereocenters. The first-order valence-electron chi connectivity index (χ1n) is 5.62. The Hall–Kier alpha value is -0.450. The van der Waals surface area contributed by atoms with E-state index < -0.39 is 0 Å². The molecule has 0 bridgehead atoms. The predicted molar refractivity (Wildman–Crippen MR) is 55.6 cm³/mol. The van der Waals surface area contributed by atoms with Crippen molar-refractivity contribution in [1.82, 2.24) is 14.7 Å². The van der Waals surface area contributed by atoms with Crippen LogP contribution < -0.4 is 0 Å². The van der Waals surface area contributed by atoms with Gasteiger partial charge >= 0.3 is 0 Å². The zero-order chi connectivity index (χ0) is 9.54. The quantitative estimate of drug-likeness (QED) is 0.457. The maximum absolute atomic E-state index is 4.06. The van der Waals surface area contributed by atoms with Crippen LogP contribution in [0.1, 0.15) is 0 Å². The summed E-state index contributed by atoms with van der Waals surface area (Å²) in [4.78, 5) is 7.81. The van der Waals surface area contributed by atoms with Crippen molar-refractivity contribution in [3.8, 4) is 0 Å². The number of nitrogens with zero attached hydrogens (tertiary/aromatic N) is 4. The second-order valence-corrected chi connectivity index (χ2v) is 4.57. The Morgan fingerprint density at radius 1 is 0.786 bits per heavy atom. The van der Waals surface area contributed by atoms with Crippen LogP contribution in [0.15, 0.2) is 0 Å². The molecule has 14 heavy (non-hydrogen) atoms. The molecule has 4 nitrogen and oxygen atoms in total. The topological polar surface area (TPSA) is 12.7 Å². The number of hydrogen-bond donors (Lipinski definition) is 0. The minimum atomic E-state index is 0.628. The van der Waals surface area contributed by atoms with Gasteiger partial charge in [0.15, 0.2) is 13.1 Å². The molecular formula is C10H19N4+. The molecule has 3 aliphatic rings. The number of rotatable bonds is 0. The van der Waals surface area contributed by atoms with Crippen LogP contribution in [0.2, 0.25) is 0 Å². The van der Waals surface area contributed by atoms with E-state index in [1.54, 1.807) is 0 Å². The molecule has 4 heteroatoms. The first-order chi connectivity index (χ1) is 6.84. The first-order valence-corrected chi connectivity index (χ1v) is 5.62. The van der Waals surface area contributed by atoms with E-state index in [2.05, 4.69) is 26.0 Å². The Balaban J connectivity index is 1.80. The van der Waals surface area contributed by atoms with Crippen molar-refractivity contribution >= 4 is 6.72 Å². The van der Waals surface area contributed by atoms with Crippen molar-refractivity contribution in [2.45, 2.75) is 6.29 Å². The van der Waals surface area contributed by atoms with Gasteiger partial charge in [-0.3, -0.25) is 14.7 Å². The van der Waals surface area contributed by atoms with E-state index in [9.17, 15) is 0 Å². The monoisotopic (exact) mass is 195 g/mol. The average Bonchev–Trinajstić information content (AvgIpc) is 2.69. The van der Waals surface area contributed by atoms with Crippen LogP contribution in [0.25, 0.3) is 0 Å². The summed E-state index contributed by atoms with van der Waals surface area (Å²) >= 11 is 0. The molecule has 3 heterocycles. The normalized spacial score (nSPS) is 31.9. The third-order valence-corrected chi connectivity index (χ3v) is 3.74. The van der Waals surface area contributed by atoms with Crippen LogP contribution in [0.3, 0.4) is 0 Å². The second kappa shape index (κ2) is 3.29. The Labute approximate surface area is 85.4 Å². The summed E-state index contributed by atoms with van der Waals surface area (Å²) in [5.74, 6) is 0. The molecule has 3 rings (SSSR count). The fourth-order valence-corrected chi connectivity index (χ4v) is 2.89. The van der Waals surface area contributed by atoms with Crippen molar-refractivity contribution in [2.75, 3.05) is 52.4 Å². The van der Waals surface area contributed by atoms with E-state index in [1.165, 1.54) is 39.3 Å². The van der Waals surface area contributed by atoms with Crippen LogP contribution in [0.5, 0.6) is 0 Å². The lowest BCUT2D eigenvalue weighted by Crippen LogP contribution is -2.50. The van der Waals surface area contributed by atoms with E-state index in [-0.39, 0.29) is 0 Å². The third-order valence-electron chi connectivity index (χ3n) is 3.74. The van der Waals surface area contributed by atoms with Crippen molar-refractivity contribution < 1.29 is 4.58 Å². The molecule has 0 aromatic carbocycles. The Bertz CT molecular complexity index is 231. The highest BCUT2D eigenvalue weighted by atomic mass is 15.6. The smallest absolute Gasteiger partial charge is 0.155 e. The zero-order valence-electron chi connectivity index (χ0n) is 8.73. The van der Waals surface area contributed by atoms with Crippen LogP contribution >= 0.6 is 0 Å². The predicted octanol–water partition coefficient (Wildman–Crippen LogP) is -1.07. The minimum absolute atomic E-state index is 0.628. The van der Waals surface area contributed by atoms with Gasteiger partial charge < -0.3 is 0 Å². The van der Waals surface area contributed by atoms with Crippen LogP contribution in [0.4, 0.5) is 0 Å².